The van der Waals surface area contributed by atoms with Crippen molar-refractivity contribution in [2.24, 2.45) is 0 Å². The second-order valence-corrected chi connectivity index (χ2v) is 6.32. The van der Waals surface area contributed by atoms with Gasteiger partial charge in [0.15, 0.2) is 6.10 Å². The Morgan fingerprint density at radius 2 is 1.86 bits per heavy atom. The fraction of sp³-hybridized carbons (Fsp3) is 0.923. The molecule has 0 heterocycles. The molecular weight excluding hydrogens is 289 g/mol. The predicted molar refractivity (Wildman–Crippen MR) is 70.9 cm³/mol. The van der Waals surface area contributed by atoms with Crippen LogP contribution in [0.3, 0.4) is 0 Å². The summed E-state index contributed by atoms with van der Waals surface area (Å²) < 4.78 is 41.6. The Balaban J connectivity index is 2.28. The number of amides is 1. The standard InChI is InChI=1S/C13H23F3N2O3/c1-12(2,3)21-11(20)18-9-5-4-8(6-9)17-7-10(19)13(14,15)16/h8-10,17,19H,4-7H2,1-3H3,(H,18,20). The van der Waals surface area contributed by atoms with E-state index in [1.165, 1.54) is 0 Å². The van der Waals surface area contributed by atoms with Crippen molar-refractivity contribution in [2.45, 2.75) is 70.0 Å². The van der Waals surface area contributed by atoms with Gasteiger partial charge in [0.2, 0.25) is 0 Å². The molecule has 1 fully saturated rings. The van der Waals surface area contributed by atoms with Gasteiger partial charge in [-0.15, -0.1) is 0 Å². The zero-order valence-corrected chi connectivity index (χ0v) is 12.5. The van der Waals surface area contributed by atoms with Crippen LogP contribution >= 0.6 is 0 Å². The minimum Gasteiger partial charge on any atom is -0.444 e. The molecule has 0 aromatic heterocycles. The highest BCUT2D eigenvalue weighted by molar-refractivity contribution is 5.68. The first kappa shape index (κ1) is 18.0. The van der Waals surface area contributed by atoms with Crippen LogP contribution in [0.5, 0.6) is 0 Å². The molecule has 0 aliphatic heterocycles. The van der Waals surface area contributed by atoms with Crippen molar-refractivity contribution in [1.82, 2.24) is 10.6 Å². The summed E-state index contributed by atoms with van der Waals surface area (Å²) >= 11 is 0. The summed E-state index contributed by atoms with van der Waals surface area (Å²) in [6, 6.07) is -0.276. The smallest absolute Gasteiger partial charge is 0.415 e. The second-order valence-electron chi connectivity index (χ2n) is 6.32. The van der Waals surface area contributed by atoms with Crippen molar-refractivity contribution in [2.75, 3.05) is 6.54 Å². The highest BCUT2D eigenvalue weighted by atomic mass is 19.4. The van der Waals surface area contributed by atoms with Crippen LogP contribution in [0.25, 0.3) is 0 Å². The van der Waals surface area contributed by atoms with E-state index in [1.54, 1.807) is 20.8 Å². The van der Waals surface area contributed by atoms with E-state index in [4.69, 9.17) is 9.84 Å². The first-order valence-corrected chi connectivity index (χ1v) is 6.95. The van der Waals surface area contributed by atoms with Gasteiger partial charge in [-0.25, -0.2) is 4.79 Å². The van der Waals surface area contributed by atoms with Crippen LogP contribution in [0, 0.1) is 0 Å². The Morgan fingerprint density at radius 1 is 1.29 bits per heavy atom. The van der Waals surface area contributed by atoms with Gasteiger partial charge in [-0.05, 0) is 40.0 Å². The molecule has 8 heteroatoms. The molecule has 1 rings (SSSR count). The van der Waals surface area contributed by atoms with Crippen LogP contribution in [0.1, 0.15) is 40.0 Å². The van der Waals surface area contributed by atoms with Gasteiger partial charge in [-0.1, -0.05) is 0 Å². The molecule has 0 spiro atoms. The third-order valence-electron chi connectivity index (χ3n) is 3.13. The van der Waals surface area contributed by atoms with Crippen molar-refractivity contribution in [3.63, 3.8) is 0 Å². The molecule has 3 N–H and O–H groups in total. The number of hydrogen-bond donors (Lipinski definition) is 3. The molecule has 1 amide bonds. The van der Waals surface area contributed by atoms with Crippen LogP contribution < -0.4 is 10.6 Å². The Kier molecular flexibility index (Phi) is 5.86. The Hall–Kier alpha value is -1.02. The van der Waals surface area contributed by atoms with Gasteiger partial charge >= 0.3 is 12.3 Å². The minimum absolute atomic E-state index is 0.125. The molecule has 124 valence electrons. The predicted octanol–water partition coefficient (Wildman–Crippen LogP) is 1.94. The molecule has 5 nitrogen and oxygen atoms in total. The molecule has 3 unspecified atom stereocenters. The zero-order chi connectivity index (χ0) is 16.3. The van der Waals surface area contributed by atoms with Gasteiger partial charge < -0.3 is 20.5 Å². The largest absolute Gasteiger partial charge is 0.444 e. The van der Waals surface area contributed by atoms with E-state index in [-0.39, 0.29) is 12.1 Å². The number of alkyl carbamates (subject to hydrolysis) is 1. The number of aliphatic hydroxyl groups is 1. The maximum atomic E-state index is 12.2. The van der Waals surface area contributed by atoms with Crippen molar-refractivity contribution in [3.05, 3.63) is 0 Å². The average Bonchev–Trinajstić information content (AvgIpc) is 2.69. The topological polar surface area (TPSA) is 70.6 Å². The van der Waals surface area contributed by atoms with Crippen LogP contribution in [-0.2, 0) is 4.74 Å². The van der Waals surface area contributed by atoms with Gasteiger partial charge in [0.25, 0.3) is 0 Å². The Bertz CT molecular complexity index is 356. The van der Waals surface area contributed by atoms with Gasteiger partial charge in [0.1, 0.15) is 5.60 Å². The SMILES string of the molecule is CC(C)(C)OC(=O)NC1CCC(NCC(O)C(F)(F)F)C1. The van der Waals surface area contributed by atoms with E-state index < -0.39 is 30.5 Å². The number of ether oxygens (including phenoxy) is 1. The monoisotopic (exact) mass is 312 g/mol. The molecule has 1 aliphatic carbocycles. The third kappa shape index (κ3) is 6.99. The lowest BCUT2D eigenvalue weighted by Crippen LogP contribution is -2.43. The minimum atomic E-state index is -4.61. The number of nitrogens with one attached hydrogen (secondary N) is 2. The molecule has 21 heavy (non-hydrogen) atoms. The number of hydrogen-bond acceptors (Lipinski definition) is 4. The van der Waals surface area contributed by atoms with Crippen LogP contribution in [0.4, 0.5) is 18.0 Å². The van der Waals surface area contributed by atoms with Crippen LogP contribution in [-0.4, -0.2) is 47.7 Å². The second kappa shape index (κ2) is 6.83. The zero-order valence-electron chi connectivity index (χ0n) is 12.5. The van der Waals surface area contributed by atoms with E-state index >= 15 is 0 Å². The number of carbonyl (C=O) groups excluding carboxylic acids is 1. The molecule has 0 bridgehead atoms. The van der Waals surface area contributed by atoms with E-state index in [9.17, 15) is 18.0 Å². The highest BCUT2D eigenvalue weighted by Gasteiger charge is 2.38. The first-order valence-electron chi connectivity index (χ1n) is 6.95. The number of alkyl halides is 3. The summed E-state index contributed by atoms with van der Waals surface area (Å²) in [5.41, 5.74) is -0.586. The highest BCUT2D eigenvalue weighted by Crippen LogP contribution is 2.22. The van der Waals surface area contributed by atoms with Gasteiger partial charge in [-0.2, -0.15) is 13.2 Å². The van der Waals surface area contributed by atoms with Crippen LogP contribution in [0.2, 0.25) is 0 Å². The van der Waals surface area contributed by atoms with Crippen molar-refractivity contribution >= 4 is 6.09 Å². The van der Waals surface area contributed by atoms with Gasteiger partial charge in [0, 0.05) is 18.6 Å². The molecule has 1 aliphatic rings. The quantitative estimate of drug-likeness (QED) is 0.742. The fourth-order valence-corrected chi connectivity index (χ4v) is 2.17. The molecule has 3 atom stereocenters. The van der Waals surface area contributed by atoms with Crippen LogP contribution in [0.15, 0.2) is 0 Å². The summed E-state index contributed by atoms with van der Waals surface area (Å²) in [6.07, 6.45) is -5.67. The van der Waals surface area contributed by atoms with Gasteiger partial charge in [0.05, 0.1) is 0 Å². The molecule has 0 aromatic rings. The average molecular weight is 312 g/mol. The molecular formula is C13H23F3N2O3. The van der Waals surface area contributed by atoms with E-state index in [0.717, 1.165) is 0 Å². The summed E-state index contributed by atoms with van der Waals surface area (Å²) in [5, 5.41) is 14.3. The normalized spacial score (nSPS) is 24.7. The summed E-state index contributed by atoms with van der Waals surface area (Å²) in [7, 11) is 0. The summed E-state index contributed by atoms with van der Waals surface area (Å²) in [4.78, 5) is 11.6. The lowest BCUT2D eigenvalue weighted by Gasteiger charge is -2.22. The molecule has 0 saturated heterocycles. The van der Waals surface area contributed by atoms with E-state index in [0.29, 0.717) is 19.3 Å². The van der Waals surface area contributed by atoms with Crippen molar-refractivity contribution in [3.8, 4) is 0 Å². The van der Waals surface area contributed by atoms with Crippen molar-refractivity contribution in [1.29, 1.82) is 0 Å². The third-order valence-corrected chi connectivity index (χ3v) is 3.13. The molecule has 0 aromatic carbocycles. The number of rotatable bonds is 4. The van der Waals surface area contributed by atoms with E-state index in [1.807, 2.05) is 0 Å². The summed E-state index contributed by atoms with van der Waals surface area (Å²) in [5.74, 6) is 0. The fourth-order valence-electron chi connectivity index (χ4n) is 2.17. The Labute approximate surface area is 122 Å². The van der Waals surface area contributed by atoms with E-state index in [2.05, 4.69) is 10.6 Å². The number of carbonyl (C=O) groups is 1. The lowest BCUT2D eigenvalue weighted by atomic mass is 10.2. The lowest BCUT2D eigenvalue weighted by molar-refractivity contribution is -0.202. The molecule has 0 radical (unpaired) electrons. The van der Waals surface area contributed by atoms with Gasteiger partial charge in [-0.3, -0.25) is 0 Å². The maximum Gasteiger partial charge on any atom is 0.415 e. The molecule has 1 saturated carbocycles. The number of halogens is 3. The first-order chi connectivity index (χ1) is 9.47. The number of aliphatic hydroxyl groups excluding tert-OH is 1. The maximum absolute atomic E-state index is 12.2. The summed E-state index contributed by atoms with van der Waals surface area (Å²) in [6.45, 7) is 4.73. The Morgan fingerprint density at radius 3 is 2.38 bits per heavy atom. The van der Waals surface area contributed by atoms with Crippen molar-refractivity contribution < 1.29 is 27.8 Å².